The maximum atomic E-state index is 13.5. The van der Waals surface area contributed by atoms with Gasteiger partial charge in [-0.25, -0.2) is 15.0 Å². The highest BCUT2D eigenvalue weighted by Gasteiger charge is 2.65. The molecule has 3 aromatic rings. The van der Waals surface area contributed by atoms with Crippen molar-refractivity contribution in [2.75, 3.05) is 16.0 Å². The highest BCUT2D eigenvalue weighted by Crippen LogP contribution is 2.47. The number of hydrogen-bond donors (Lipinski definition) is 3. The Labute approximate surface area is 208 Å². The third-order valence-electron chi connectivity index (χ3n) is 5.03. The molecule has 2 aliphatic heterocycles. The lowest BCUT2D eigenvalue weighted by Crippen LogP contribution is -2.52. The summed E-state index contributed by atoms with van der Waals surface area (Å²) in [7, 11) is 0. The molecule has 0 bridgehead atoms. The molecule has 0 fully saturated rings. The van der Waals surface area contributed by atoms with E-state index in [1.54, 1.807) is 6.07 Å². The summed E-state index contributed by atoms with van der Waals surface area (Å²) < 4.78 is 61.1. The van der Waals surface area contributed by atoms with Gasteiger partial charge in [-0.05, 0) is 37.1 Å². The monoisotopic (exact) mass is 603 g/mol. The molecule has 182 valence electrons. The van der Waals surface area contributed by atoms with Crippen molar-refractivity contribution in [1.82, 2.24) is 19.9 Å². The molecule has 1 unspecified atom stereocenters. The SMILES string of the molecule is CC1(I)Cc2ccc(Nc3ncnc(Nc4ccc5c(c4)OC(F)(F)C(F)(F)O5)n3)nc2NC1=O. The number of carbonyl (C=O) groups is 1. The third-order valence-corrected chi connectivity index (χ3v) is 5.90. The van der Waals surface area contributed by atoms with Gasteiger partial charge in [0.15, 0.2) is 11.5 Å². The van der Waals surface area contributed by atoms with Crippen LogP contribution in [0.25, 0.3) is 0 Å². The minimum atomic E-state index is -4.83. The summed E-state index contributed by atoms with van der Waals surface area (Å²) in [5.41, 5.74) is 1.05. The van der Waals surface area contributed by atoms with Gasteiger partial charge < -0.3 is 25.4 Å². The normalized spacial score (nSPS) is 21.5. The lowest BCUT2D eigenvalue weighted by atomic mass is 9.97. The number of alkyl halides is 5. The van der Waals surface area contributed by atoms with Crippen LogP contribution in [0.4, 0.5) is 46.8 Å². The molecule has 1 aromatic carbocycles. The Balaban J connectivity index is 1.32. The summed E-state index contributed by atoms with van der Waals surface area (Å²) in [5.74, 6) is -0.370. The largest absolute Gasteiger partial charge is 0.507 e. The number of fused-ring (bicyclic) bond motifs is 2. The second kappa shape index (κ2) is 8.03. The minimum absolute atomic E-state index is 0.0169. The maximum absolute atomic E-state index is 13.5. The molecule has 0 saturated heterocycles. The highest BCUT2D eigenvalue weighted by molar-refractivity contribution is 14.1. The Hall–Kier alpha value is -3.50. The van der Waals surface area contributed by atoms with E-state index in [4.69, 9.17) is 0 Å². The van der Waals surface area contributed by atoms with Crippen LogP contribution in [-0.2, 0) is 11.2 Å². The van der Waals surface area contributed by atoms with E-state index in [-0.39, 0.29) is 23.5 Å². The Kier molecular flexibility index (Phi) is 5.33. The fraction of sp³-hybridized carbons (Fsp3) is 0.250. The molecule has 0 radical (unpaired) electrons. The standard InChI is InChI=1S/C20H14F4IN7O3/c1-18(25)7-9-2-5-13(29-14(9)31-15(18)33)30-17-27-8-26-16(32-17)28-10-3-4-11-12(6-10)35-20(23,24)19(21,22)34-11/h2-6,8H,7H2,1H3,(H3,26,27,28,29,30,31,32,33). The van der Waals surface area contributed by atoms with Crippen molar-refractivity contribution in [2.45, 2.75) is 29.0 Å². The Bertz CT molecular complexity index is 1340. The maximum Gasteiger partial charge on any atom is 0.507 e. The number of pyridine rings is 1. The quantitative estimate of drug-likeness (QED) is 0.226. The molecule has 2 aliphatic rings. The number of anilines is 5. The van der Waals surface area contributed by atoms with Gasteiger partial charge >= 0.3 is 12.2 Å². The van der Waals surface area contributed by atoms with Gasteiger partial charge in [0.1, 0.15) is 21.4 Å². The van der Waals surface area contributed by atoms with Crippen LogP contribution < -0.4 is 25.4 Å². The molecule has 0 aliphatic carbocycles. The van der Waals surface area contributed by atoms with E-state index in [0.717, 1.165) is 17.7 Å². The number of benzene rings is 1. The van der Waals surface area contributed by atoms with E-state index >= 15 is 0 Å². The number of rotatable bonds is 4. The number of nitrogens with one attached hydrogen (secondary N) is 3. The molecule has 2 aromatic heterocycles. The first-order valence-electron chi connectivity index (χ1n) is 9.93. The van der Waals surface area contributed by atoms with Gasteiger partial charge in [0.05, 0.1) is 0 Å². The molecule has 15 heteroatoms. The van der Waals surface area contributed by atoms with E-state index in [1.165, 1.54) is 12.4 Å². The van der Waals surface area contributed by atoms with E-state index in [9.17, 15) is 22.4 Å². The number of hydrogen-bond acceptors (Lipinski definition) is 9. The zero-order valence-electron chi connectivity index (χ0n) is 17.6. The first-order valence-corrected chi connectivity index (χ1v) is 11.0. The summed E-state index contributed by atoms with van der Waals surface area (Å²) in [6.07, 6.45) is -7.92. The van der Waals surface area contributed by atoms with Crippen molar-refractivity contribution in [3.8, 4) is 11.5 Å². The molecule has 0 spiro atoms. The fourth-order valence-corrected chi connectivity index (χ4v) is 3.84. The zero-order chi connectivity index (χ0) is 25.0. The Morgan fingerprint density at radius 1 is 0.971 bits per heavy atom. The van der Waals surface area contributed by atoms with Crippen molar-refractivity contribution in [2.24, 2.45) is 0 Å². The predicted octanol–water partition coefficient (Wildman–Crippen LogP) is 4.40. The molecule has 1 atom stereocenters. The molecule has 5 rings (SSSR count). The molecule has 3 N–H and O–H groups in total. The summed E-state index contributed by atoms with van der Waals surface area (Å²) >= 11 is 2.09. The zero-order valence-corrected chi connectivity index (χ0v) is 19.7. The lowest BCUT2D eigenvalue weighted by Gasteiger charge is -2.31. The summed E-state index contributed by atoms with van der Waals surface area (Å²) in [6.45, 7) is 1.83. The smallest absolute Gasteiger partial charge is 0.421 e. The van der Waals surface area contributed by atoms with Crippen LogP contribution >= 0.6 is 22.6 Å². The van der Waals surface area contributed by atoms with E-state index in [0.29, 0.717) is 18.1 Å². The lowest BCUT2D eigenvalue weighted by molar-refractivity contribution is -0.391. The summed E-state index contributed by atoms with van der Waals surface area (Å²) in [5, 5.41) is 8.41. The van der Waals surface area contributed by atoms with Crippen LogP contribution in [-0.4, -0.2) is 41.5 Å². The van der Waals surface area contributed by atoms with E-state index < -0.39 is 27.1 Å². The molecule has 10 nitrogen and oxygen atoms in total. The van der Waals surface area contributed by atoms with Gasteiger partial charge in [0.25, 0.3) is 0 Å². The van der Waals surface area contributed by atoms with Gasteiger partial charge in [-0.2, -0.15) is 22.5 Å². The van der Waals surface area contributed by atoms with Gasteiger partial charge in [0, 0.05) is 11.8 Å². The van der Waals surface area contributed by atoms with Crippen molar-refractivity contribution in [3.63, 3.8) is 0 Å². The van der Waals surface area contributed by atoms with Crippen LogP contribution in [0, 0.1) is 0 Å². The van der Waals surface area contributed by atoms with Crippen LogP contribution in [0.3, 0.4) is 0 Å². The number of amides is 1. The molecule has 1 amide bonds. The predicted molar refractivity (Wildman–Crippen MR) is 123 cm³/mol. The second-order valence-electron chi connectivity index (χ2n) is 7.81. The highest BCUT2D eigenvalue weighted by atomic mass is 127. The average molecular weight is 603 g/mol. The van der Waals surface area contributed by atoms with Crippen molar-refractivity contribution in [1.29, 1.82) is 0 Å². The number of halogens is 5. The van der Waals surface area contributed by atoms with Crippen LogP contribution in [0.5, 0.6) is 11.5 Å². The molecular formula is C20H14F4IN7O3. The topological polar surface area (TPSA) is 123 Å². The van der Waals surface area contributed by atoms with Gasteiger partial charge in [0.2, 0.25) is 17.8 Å². The molecular weight excluding hydrogens is 589 g/mol. The number of carbonyl (C=O) groups excluding carboxylic acids is 1. The number of ether oxygens (including phenoxy) is 2. The van der Waals surface area contributed by atoms with E-state index in [2.05, 4.69) is 68.0 Å². The van der Waals surface area contributed by atoms with Crippen molar-refractivity contribution < 1.29 is 31.8 Å². The van der Waals surface area contributed by atoms with E-state index in [1.807, 2.05) is 13.0 Å². The fourth-order valence-electron chi connectivity index (χ4n) is 3.29. The van der Waals surface area contributed by atoms with Crippen molar-refractivity contribution in [3.05, 3.63) is 42.2 Å². The first-order chi connectivity index (χ1) is 16.4. The number of aromatic nitrogens is 4. The van der Waals surface area contributed by atoms with Crippen LogP contribution in [0.15, 0.2) is 36.7 Å². The molecule has 0 saturated carbocycles. The molecule has 35 heavy (non-hydrogen) atoms. The van der Waals surface area contributed by atoms with Gasteiger partial charge in [-0.15, -0.1) is 0 Å². The minimum Gasteiger partial charge on any atom is -0.421 e. The van der Waals surface area contributed by atoms with Crippen LogP contribution in [0.2, 0.25) is 0 Å². The third kappa shape index (κ3) is 4.46. The summed E-state index contributed by atoms with van der Waals surface area (Å²) in [4.78, 5) is 28.7. The Morgan fingerprint density at radius 3 is 2.40 bits per heavy atom. The van der Waals surface area contributed by atoms with Crippen LogP contribution in [0.1, 0.15) is 12.5 Å². The average Bonchev–Trinajstić information content (AvgIpc) is 2.76. The molecule has 4 heterocycles. The second-order valence-corrected chi connectivity index (χ2v) is 10.2. The van der Waals surface area contributed by atoms with Crippen molar-refractivity contribution >= 4 is 57.7 Å². The number of nitrogens with zero attached hydrogens (tertiary/aromatic N) is 4. The Morgan fingerprint density at radius 2 is 1.66 bits per heavy atom. The van der Waals surface area contributed by atoms with Gasteiger partial charge in [-0.3, -0.25) is 4.79 Å². The summed E-state index contributed by atoms with van der Waals surface area (Å²) in [6, 6.07) is 6.93. The first kappa shape index (κ1) is 23.3. The van der Waals surface area contributed by atoms with Gasteiger partial charge in [-0.1, -0.05) is 28.7 Å².